The van der Waals surface area contributed by atoms with Gasteiger partial charge in [0.05, 0.1) is 16.8 Å². The Kier molecular flexibility index (Phi) is 4.03. The highest BCUT2D eigenvalue weighted by Gasteiger charge is 2.19. The van der Waals surface area contributed by atoms with E-state index in [0.717, 1.165) is 15.7 Å². The first-order valence-electron chi connectivity index (χ1n) is 6.95. The lowest BCUT2D eigenvalue weighted by Crippen LogP contribution is -2.13. The van der Waals surface area contributed by atoms with Gasteiger partial charge >= 0.3 is 0 Å². The summed E-state index contributed by atoms with van der Waals surface area (Å²) in [6, 6.07) is 6.26. The fraction of sp³-hybridized carbons (Fsp3) is 0.400. The second kappa shape index (κ2) is 5.78. The second-order valence-corrected chi connectivity index (χ2v) is 6.65. The van der Waals surface area contributed by atoms with E-state index in [0.29, 0.717) is 16.8 Å². The van der Waals surface area contributed by atoms with Gasteiger partial charge in [-0.15, -0.1) is 0 Å². The van der Waals surface area contributed by atoms with Gasteiger partial charge in [-0.3, -0.25) is 4.68 Å². The van der Waals surface area contributed by atoms with E-state index in [-0.39, 0.29) is 0 Å². The maximum Gasteiger partial charge on any atom is 0.117 e. The van der Waals surface area contributed by atoms with E-state index in [2.05, 4.69) is 21.0 Å². The van der Waals surface area contributed by atoms with Crippen LogP contribution >= 0.6 is 27.5 Å². The topological polar surface area (TPSA) is 43.8 Å². The molecule has 0 amide bonds. The minimum atomic E-state index is 0.481. The molecule has 3 nitrogen and oxygen atoms in total. The lowest BCUT2D eigenvalue weighted by Gasteiger charge is -2.21. The molecule has 20 heavy (non-hydrogen) atoms. The summed E-state index contributed by atoms with van der Waals surface area (Å²) in [6.45, 7) is 0. The van der Waals surface area contributed by atoms with Crippen molar-refractivity contribution < 1.29 is 0 Å². The number of anilines is 1. The molecule has 0 bridgehead atoms. The van der Waals surface area contributed by atoms with Gasteiger partial charge < -0.3 is 5.73 Å². The van der Waals surface area contributed by atoms with Crippen LogP contribution in [0.15, 0.2) is 28.9 Å². The summed E-state index contributed by atoms with van der Waals surface area (Å²) < 4.78 is 2.99. The third kappa shape index (κ3) is 2.72. The Labute approximate surface area is 132 Å². The van der Waals surface area contributed by atoms with Crippen LogP contribution in [0.25, 0.3) is 11.3 Å². The van der Waals surface area contributed by atoms with Crippen LogP contribution in [-0.2, 0) is 0 Å². The normalized spacial score (nSPS) is 16.5. The average molecular weight is 355 g/mol. The van der Waals surface area contributed by atoms with Crippen molar-refractivity contribution in [1.82, 2.24) is 9.78 Å². The van der Waals surface area contributed by atoms with Crippen LogP contribution in [0.2, 0.25) is 5.02 Å². The Morgan fingerprint density at radius 2 is 2.00 bits per heavy atom. The number of aromatic nitrogens is 2. The van der Waals surface area contributed by atoms with Crippen LogP contribution in [0.4, 0.5) is 5.69 Å². The van der Waals surface area contributed by atoms with Gasteiger partial charge in [-0.05, 0) is 25.0 Å². The minimum absolute atomic E-state index is 0.481. The molecular formula is C15H17BrClN3. The maximum atomic E-state index is 6.30. The molecule has 0 atom stereocenters. The van der Waals surface area contributed by atoms with E-state index in [1.807, 2.05) is 29.1 Å². The Hall–Kier alpha value is -1.000. The predicted molar refractivity (Wildman–Crippen MR) is 86.9 cm³/mol. The number of benzene rings is 1. The third-order valence-electron chi connectivity index (χ3n) is 3.90. The highest BCUT2D eigenvalue weighted by Crippen LogP contribution is 2.35. The predicted octanol–water partition coefficient (Wildman–Crippen LogP) is 5.05. The van der Waals surface area contributed by atoms with Gasteiger partial charge in [-0.2, -0.15) is 5.10 Å². The summed E-state index contributed by atoms with van der Waals surface area (Å²) in [5, 5.41) is 5.35. The van der Waals surface area contributed by atoms with Crippen LogP contribution in [0.5, 0.6) is 0 Å². The molecule has 1 aliphatic carbocycles. The molecule has 1 aliphatic rings. The molecule has 5 heteroatoms. The van der Waals surface area contributed by atoms with Crippen molar-refractivity contribution in [2.24, 2.45) is 0 Å². The fourth-order valence-corrected chi connectivity index (χ4v) is 3.59. The van der Waals surface area contributed by atoms with Crippen molar-refractivity contribution in [3.63, 3.8) is 0 Å². The molecular weight excluding hydrogens is 338 g/mol. The molecule has 2 N–H and O–H groups in total. The first kappa shape index (κ1) is 14.0. The van der Waals surface area contributed by atoms with Crippen molar-refractivity contribution in [3.05, 3.63) is 33.9 Å². The van der Waals surface area contributed by atoms with E-state index >= 15 is 0 Å². The van der Waals surface area contributed by atoms with Crippen molar-refractivity contribution >= 4 is 33.2 Å². The fourth-order valence-electron chi connectivity index (χ4n) is 2.83. The Morgan fingerprint density at radius 1 is 1.25 bits per heavy atom. The van der Waals surface area contributed by atoms with Gasteiger partial charge in [0, 0.05) is 16.2 Å². The van der Waals surface area contributed by atoms with Gasteiger partial charge in [0.15, 0.2) is 0 Å². The minimum Gasteiger partial charge on any atom is -0.396 e. The molecule has 0 unspecified atom stereocenters. The SMILES string of the molecule is Nc1cn(C2CCCCC2)nc1-c1ccc(Br)cc1Cl. The van der Waals surface area contributed by atoms with Gasteiger partial charge in [0.1, 0.15) is 5.69 Å². The van der Waals surface area contributed by atoms with E-state index in [1.54, 1.807) is 0 Å². The number of nitrogens with two attached hydrogens (primary N) is 1. The molecule has 0 aliphatic heterocycles. The van der Waals surface area contributed by atoms with E-state index in [9.17, 15) is 0 Å². The largest absolute Gasteiger partial charge is 0.396 e. The van der Waals surface area contributed by atoms with E-state index in [4.69, 9.17) is 17.3 Å². The van der Waals surface area contributed by atoms with Crippen molar-refractivity contribution in [3.8, 4) is 11.3 Å². The maximum absolute atomic E-state index is 6.30. The first-order chi connectivity index (χ1) is 9.65. The molecule has 0 saturated heterocycles. The molecule has 1 heterocycles. The zero-order valence-electron chi connectivity index (χ0n) is 11.1. The Balaban J connectivity index is 1.95. The summed E-state index contributed by atoms with van der Waals surface area (Å²) in [5.41, 5.74) is 8.50. The number of rotatable bonds is 2. The highest BCUT2D eigenvalue weighted by atomic mass is 79.9. The Morgan fingerprint density at radius 3 is 2.70 bits per heavy atom. The van der Waals surface area contributed by atoms with Crippen molar-refractivity contribution in [1.29, 1.82) is 0 Å². The molecule has 1 fully saturated rings. The molecule has 106 valence electrons. The van der Waals surface area contributed by atoms with Crippen LogP contribution in [0, 0.1) is 0 Å². The summed E-state index contributed by atoms with van der Waals surface area (Å²) in [4.78, 5) is 0. The summed E-state index contributed by atoms with van der Waals surface area (Å²) in [6.07, 6.45) is 8.21. The quantitative estimate of drug-likeness (QED) is 0.819. The van der Waals surface area contributed by atoms with Gasteiger partial charge in [0.25, 0.3) is 0 Å². The Bertz CT molecular complexity index is 618. The molecule has 0 radical (unpaired) electrons. The monoisotopic (exact) mass is 353 g/mol. The molecule has 1 aromatic carbocycles. The van der Waals surface area contributed by atoms with Crippen LogP contribution < -0.4 is 5.73 Å². The number of hydrogen-bond acceptors (Lipinski definition) is 2. The zero-order valence-corrected chi connectivity index (χ0v) is 13.5. The molecule has 0 spiro atoms. The molecule has 2 aromatic rings. The van der Waals surface area contributed by atoms with Crippen LogP contribution in [0.3, 0.4) is 0 Å². The second-order valence-electron chi connectivity index (χ2n) is 5.33. The van der Waals surface area contributed by atoms with E-state index < -0.39 is 0 Å². The van der Waals surface area contributed by atoms with Crippen molar-refractivity contribution in [2.75, 3.05) is 5.73 Å². The summed E-state index contributed by atoms with van der Waals surface area (Å²) in [7, 11) is 0. The van der Waals surface area contributed by atoms with Gasteiger partial charge in [-0.1, -0.05) is 52.9 Å². The third-order valence-corrected chi connectivity index (χ3v) is 4.70. The molecule has 1 saturated carbocycles. The zero-order chi connectivity index (χ0) is 14.1. The van der Waals surface area contributed by atoms with Crippen molar-refractivity contribution in [2.45, 2.75) is 38.1 Å². The van der Waals surface area contributed by atoms with Gasteiger partial charge in [-0.25, -0.2) is 0 Å². The first-order valence-corrected chi connectivity index (χ1v) is 8.12. The van der Waals surface area contributed by atoms with Crippen LogP contribution in [-0.4, -0.2) is 9.78 Å². The number of nitrogens with zero attached hydrogens (tertiary/aromatic N) is 2. The average Bonchev–Trinajstić information content (AvgIpc) is 2.82. The molecule has 3 rings (SSSR count). The van der Waals surface area contributed by atoms with Gasteiger partial charge in [0.2, 0.25) is 0 Å². The van der Waals surface area contributed by atoms with E-state index in [1.165, 1.54) is 32.1 Å². The highest BCUT2D eigenvalue weighted by molar-refractivity contribution is 9.10. The van der Waals surface area contributed by atoms with Crippen LogP contribution in [0.1, 0.15) is 38.1 Å². The standard InChI is InChI=1S/C15H17BrClN3/c16-10-6-7-12(13(17)8-10)15-14(18)9-20(19-15)11-4-2-1-3-5-11/h6-9,11H,1-5,18H2. The lowest BCUT2D eigenvalue weighted by molar-refractivity contribution is 0.330. The summed E-state index contributed by atoms with van der Waals surface area (Å²) >= 11 is 9.71. The summed E-state index contributed by atoms with van der Waals surface area (Å²) in [5.74, 6) is 0. The molecule has 1 aromatic heterocycles. The number of hydrogen-bond donors (Lipinski definition) is 1. The smallest absolute Gasteiger partial charge is 0.117 e. The number of nitrogen functional groups attached to an aromatic ring is 1. The number of halogens is 2. The lowest BCUT2D eigenvalue weighted by atomic mass is 9.96.